The number of halogens is 3. The van der Waals surface area contributed by atoms with Crippen LogP contribution in [0.3, 0.4) is 0 Å². The van der Waals surface area contributed by atoms with Crippen molar-refractivity contribution in [2.75, 3.05) is 14.1 Å². The van der Waals surface area contributed by atoms with Crippen molar-refractivity contribution in [2.24, 2.45) is 0 Å². The molecule has 30 heavy (non-hydrogen) atoms. The lowest BCUT2D eigenvalue weighted by molar-refractivity contribution is -0.137. The normalized spacial score (nSPS) is 20.0. The van der Waals surface area contributed by atoms with Crippen LogP contribution in [-0.4, -0.2) is 29.5 Å². The van der Waals surface area contributed by atoms with Crippen molar-refractivity contribution in [3.05, 3.63) is 77.0 Å². The van der Waals surface area contributed by atoms with Crippen LogP contribution in [0.2, 0.25) is 0 Å². The topological polar surface area (TPSA) is 19.0 Å². The molecule has 158 valence electrons. The average molecular weight is 412 g/mol. The second kappa shape index (κ2) is 7.62. The highest BCUT2D eigenvalue weighted by Gasteiger charge is 2.35. The quantitative estimate of drug-likeness (QED) is 0.511. The Morgan fingerprint density at radius 2 is 1.80 bits per heavy atom. The van der Waals surface area contributed by atoms with Crippen LogP contribution in [0.15, 0.2) is 54.6 Å². The van der Waals surface area contributed by atoms with E-state index in [9.17, 15) is 13.2 Å². The van der Waals surface area contributed by atoms with Gasteiger partial charge in [-0.05, 0) is 81.6 Å². The van der Waals surface area contributed by atoms with Gasteiger partial charge >= 0.3 is 6.18 Å². The fraction of sp³-hybridized carbons (Fsp3) is 0.360. The molecule has 4 rings (SSSR count). The molecule has 3 aromatic rings. The summed E-state index contributed by atoms with van der Waals surface area (Å²) in [5, 5.41) is 0.648. The maximum atomic E-state index is 13.1. The number of H-pyrrole nitrogens is 1. The van der Waals surface area contributed by atoms with Crippen LogP contribution >= 0.6 is 0 Å². The zero-order valence-corrected chi connectivity index (χ0v) is 17.6. The van der Waals surface area contributed by atoms with E-state index in [1.165, 1.54) is 23.3 Å². The maximum Gasteiger partial charge on any atom is 0.416 e. The number of fused-ring (bicyclic) bond motifs is 1. The first-order valence-corrected chi connectivity index (χ1v) is 10.3. The van der Waals surface area contributed by atoms with Gasteiger partial charge in [-0.25, -0.2) is 0 Å². The molecule has 1 aromatic heterocycles. The van der Waals surface area contributed by atoms with E-state index in [2.05, 4.69) is 54.3 Å². The third-order valence-corrected chi connectivity index (χ3v) is 6.62. The number of hydrogen-bond acceptors (Lipinski definition) is 1. The van der Waals surface area contributed by atoms with Gasteiger partial charge in [-0.2, -0.15) is 13.2 Å². The first-order valence-electron chi connectivity index (χ1n) is 10.3. The minimum atomic E-state index is -4.33. The van der Waals surface area contributed by atoms with Gasteiger partial charge < -0.3 is 9.88 Å². The van der Waals surface area contributed by atoms with Crippen molar-refractivity contribution >= 4 is 16.5 Å². The number of likely N-dealkylation sites (N-methyl/N-ethyl adjacent to an activating group) is 1. The van der Waals surface area contributed by atoms with Crippen LogP contribution in [-0.2, 0) is 12.6 Å². The molecule has 1 atom stereocenters. The number of nitrogens with one attached hydrogen (secondary N) is 1. The Labute approximate surface area is 175 Å². The third kappa shape index (κ3) is 3.79. The number of hydrogen-bond donors (Lipinski definition) is 1. The molecule has 5 heteroatoms. The number of aryl methyl sites for hydroxylation is 1. The van der Waals surface area contributed by atoms with E-state index in [0.717, 1.165) is 48.5 Å². The van der Waals surface area contributed by atoms with Crippen molar-refractivity contribution in [2.45, 2.75) is 44.3 Å². The fourth-order valence-electron chi connectivity index (χ4n) is 4.64. The molecule has 1 heterocycles. The van der Waals surface area contributed by atoms with Crippen LogP contribution in [0.4, 0.5) is 13.2 Å². The lowest BCUT2D eigenvalue weighted by Gasteiger charge is -2.42. The van der Waals surface area contributed by atoms with Crippen LogP contribution in [0.1, 0.15) is 41.6 Å². The molecule has 1 N–H and O–H groups in total. The van der Waals surface area contributed by atoms with E-state index in [0.29, 0.717) is 5.39 Å². The fourth-order valence-corrected chi connectivity index (χ4v) is 4.64. The number of aromatic nitrogens is 1. The first kappa shape index (κ1) is 20.7. The summed E-state index contributed by atoms with van der Waals surface area (Å²) in [7, 11) is 4.27. The maximum absolute atomic E-state index is 13.1. The smallest absolute Gasteiger partial charge is 0.355 e. The summed E-state index contributed by atoms with van der Waals surface area (Å²) in [6.07, 6.45) is 1.73. The summed E-state index contributed by atoms with van der Waals surface area (Å²) in [5.74, 6) is 0. The summed E-state index contributed by atoms with van der Waals surface area (Å²) < 4.78 is 39.4. The summed E-state index contributed by atoms with van der Waals surface area (Å²) in [6, 6.07) is 14.5. The molecule has 2 nitrogen and oxygen atoms in total. The van der Waals surface area contributed by atoms with Gasteiger partial charge in [-0.1, -0.05) is 36.4 Å². The zero-order chi connectivity index (χ0) is 21.5. The number of rotatable bonds is 4. The number of nitrogens with zero attached hydrogens (tertiary/aromatic N) is 1. The average Bonchev–Trinajstić information content (AvgIpc) is 3.04. The van der Waals surface area contributed by atoms with Crippen molar-refractivity contribution in [3.8, 4) is 0 Å². The Morgan fingerprint density at radius 3 is 2.40 bits per heavy atom. The highest BCUT2D eigenvalue weighted by molar-refractivity contribution is 5.89. The van der Waals surface area contributed by atoms with Crippen molar-refractivity contribution in [3.63, 3.8) is 0 Å². The minimum absolute atomic E-state index is 0.0498. The van der Waals surface area contributed by atoms with Gasteiger partial charge in [0.2, 0.25) is 0 Å². The molecule has 0 spiro atoms. The van der Waals surface area contributed by atoms with Gasteiger partial charge in [0.05, 0.1) is 5.56 Å². The van der Waals surface area contributed by atoms with Gasteiger partial charge in [0.25, 0.3) is 0 Å². The van der Waals surface area contributed by atoms with Crippen LogP contribution in [0.5, 0.6) is 0 Å². The standard InChI is InChI=1S/C25H27F3N2/c1-17-21-15-20(25(26,27)28)9-10-22(21)29-23(17)19-11-13-24(14-12-19,30(2)3)16-18-7-5-4-6-8-18/h4-11,15,29H,12-14,16H2,1-3H3. The first-order chi connectivity index (χ1) is 14.2. The Hall–Kier alpha value is -2.53. The highest BCUT2D eigenvalue weighted by Crippen LogP contribution is 2.40. The van der Waals surface area contributed by atoms with Crippen LogP contribution in [0, 0.1) is 6.92 Å². The summed E-state index contributed by atoms with van der Waals surface area (Å²) in [4.78, 5) is 5.69. The highest BCUT2D eigenvalue weighted by atomic mass is 19.4. The number of aromatic amines is 1. The number of alkyl halides is 3. The molecule has 0 fully saturated rings. The molecule has 1 aliphatic rings. The Balaban J connectivity index is 1.65. The lowest BCUT2D eigenvalue weighted by Crippen LogP contribution is -2.47. The molecule has 0 radical (unpaired) electrons. The van der Waals surface area contributed by atoms with Crippen molar-refractivity contribution in [1.82, 2.24) is 9.88 Å². The van der Waals surface area contributed by atoms with Gasteiger partial charge in [0, 0.05) is 22.1 Å². The van der Waals surface area contributed by atoms with E-state index in [4.69, 9.17) is 0 Å². The molecule has 0 saturated heterocycles. The second-order valence-electron chi connectivity index (χ2n) is 8.60. The van der Waals surface area contributed by atoms with E-state index < -0.39 is 11.7 Å². The molecule has 0 bridgehead atoms. The van der Waals surface area contributed by atoms with Crippen LogP contribution in [0.25, 0.3) is 16.5 Å². The largest absolute Gasteiger partial charge is 0.416 e. The van der Waals surface area contributed by atoms with Gasteiger partial charge in [-0.15, -0.1) is 0 Å². The van der Waals surface area contributed by atoms with Gasteiger partial charge in [0.15, 0.2) is 0 Å². The summed E-state index contributed by atoms with van der Waals surface area (Å²) in [5.41, 5.74) is 4.58. The summed E-state index contributed by atoms with van der Waals surface area (Å²) in [6.45, 7) is 1.91. The number of allylic oxidation sites excluding steroid dienone is 1. The molecule has 1 aliphatic carbocycles. The SMILES string of the molecule is Cc1c(C2=CCC(Cc3ccccc3)(N(C)C)CC2)[nH]c2ccc(C(F)(F)F)cc12. The zero-order valence-electron chi connectivity index (χ0n) is 17.6. The predicted octanol–water partition coefficient (Wildman–Crippen LogP) is 6.61. The lowest BCUT2D eigenvalue weighted by atomic mass is 9.76. The van der Waals surface area contributed by atoms with Crippen LogP contribution < -0.4 is 0 Å². The van der Waals surface area contributed by atoms with Gasteiger partial charge in [0.1, 0.15) is 0 Å². The molecular formula is C25H27F3N2. The third-order valence-electron chi connectivity index (χ3n) is 6.62. The summed E-state index contributed by atoms with van der Waals surface area (Å²) >= 11 is 0. The van der Waals surface area contributed by atoms with E-state index >= 15 is 0 Å². The monoisotopic (exact) mass is 412 g/mol. The number of benzene rings is 2. The minimum Gasteiger partial charge on any atom is -0.355 e. The molecule has 1 unspecified atom stereocenters. The predicted molar refractivity (Wildman–Crippen MR) is 116 cm³/mol. The molecular weight excluding hydrogens is 385 g/mol. The molecule has 0 saturated carbocycles. The Bertz CT molecular complexity index is 1080. The van der Waals surface area contributed by atoms with E-state index in [1.54, 1.807) is 0 Å². The van der Waals surface area contributed by atoms with Crippen molar-refractivity contribution in [1.29, 1.82) is 0 Å². The molecule has 0 amide bonds. The Morgan fingerprint density at radius 1 is 1.07 bits per heavy atom. The Kier molecular flexibility index (Phi) is 5.27. The molecule has 0 aliphatic heterocycles. The van der Waals surface area contributed by atoms with Gasteiger partial charge in [-0.3, -0.25) is 0 Å². The van der Waals surface area contributed by atoms with E-state index in [1.807, 2.05) is 13.0 Å². The van der Waals surface area contributed by atoms with Crippen molar-refractivity contribution < 1.29 is 13.2 Å². The van der Waals surface area contributed by atoms with E-state index in [-0.39, 0.29) is 5.54 Å². The molecule has 2 aromatic carbocycles. The second-order valence-corrected chi connectivity index (χ2v) is 8.60.